The average Bonchev–Trinajstić information content (AvgIpc) is 3.28. The van der Waals surface area contributed by atoms with Gasteiger partial charge in [0.15, 0.2) is 0 Å². The van der Waals surface area contributed by atoms with Crippen LogP contribution >= 0.6 is 0 Å². The Kier molecular flexibility index (Phi) is 7.16. The molecule has 4 rings (SSSR count). The number of aryl methyl sites for hydroxylation is 2. The predicted octanol–water partition coefficient (Wildman–Crippen LogP) is 4.50. The molecule has 0 aliphatic carbocycles. The molecule has 0 spiro atoms. The topological polar surface area (TPSA) is 71.2 Å². The summed E-state index contributed by atoms with van der Waals surface area (Å²) in [6.45, 7) is 1.59. The second-order valence-corrected chi connectivity index (χ2v) is 8.37. The molecule has 6 nitrogen and oxygen atoms in total. The molecule has 1 aliphatic rings. The molecule has 3 aromatic rings. The largest absolute Gasteiger partial charge is 0.381 e. The van der Waals surface area contributed by atoms with Crippen molar-refractivity contribution in [2.24, 2.45) is 7.05 Å². The summed E-state index contributed by atoms with van der Waals surface area (Å²) >= 11 is 0. The van der Waals surface area contributed by atoms with Crippen molar-refractivity contribution in [2.75, 3.05) is 13.2 Å². The number of amides is 1. The lowest BCUT2D eigenvalue weighted by atomic mass is 9.98. The normalized spacial score (nSPS) is 14.1. The first-order valence-corrected chi connectivity index (χ1v) is 11.2. The molecule has 0 saturated carbocycles. The quantitative estimate of drug-likeness (QED) is 0.536. The van der Waals surface area contributed by atoms with E-state index in [1.807, 2.05) is 42.3 Å². The van der Waals surface area contributed by atoms with Gasteiger partial charge in [-0.15, -0.1) is 0 Å². The van der Waals surface area contributed by atoms with Crippen LogP contribution in [0, 0.1) is 17.1 Å². The third kappa shape index (κ3) is 5.47. The van der Waals surface area contributed by atoms with E-state index in [1.54, 1.807) is 23.2 Å². The summed E-state index contributed by atoms with van der Waals surface area (Å²) in [4.78, 5) is 19.4. The number of rotatable bonds is 7. The third-order valence-electron chi connectivity index (χ3n) is 5.96. The summed E-state index contributed by atoms with van der Waals surface area (Å²) in [7, 11) is 1.83. The minimum absolute atomic E-state index is 0.0380. The Morgan fingerprint density at radius 2 is 2.06 bits per heavy atom. The van der Waals surface area contributed by atoms with Crippen LogP contribution in [0.15, 0.2) is 55.0 Å². The number of halogens is 1. The highest BCUT2D eigenvalue weighted by Crippen LogP contribution is 2.27. The molecule has 1 saturated heterocycles. The van der Waals surface area contributed by atoms with Gasteiger partial charge in [0, 0.05) is 51.0 Å². The molecule has 0 N–H and O–H groups in total. The van der Waals surface area contributed by atoms with E-state index in [-0.39, 0.29) is 17.8 Å². The van der Waals surface area contributed by atoms with E-state index in [9.17, 15) is 9.18 Å². The zero-order valence-electron chi connectivity index (χ0n) is 18.7. The van der Waals surface area contributed by atoms with Crippen LogP contribution < -0.4 is 0 Å². The van der Waals surface area contributed by atoms with Crippen LogP contribution in [0.25, 0.3) is 11.1 Å². The number of hydrogen-bond donors (Lipinski definition) is 0. The maximum absolute atomic E-state index is 14.8. The Hall–Kier alpha value is -3.50. The van der Waals surface area contributed by atoms with Gasteiger partial charge in [0.2, 0.25) is 0 Å². The summed E-state index contributed by atoms with van der Waals surface area (Å²) in [5.41, 5.74) is 3.50. The second kappa shape index (κ2) is 10.4. The molecule has 2 heterocycles. The van der Waals surface area contributed by atoms with Gasteiger partial charge >= 0.3 is 0 Å². The maximum Gasteiger partial charge on any atom is 0.274 e. The summed E-state index contributed by atoms with van der Waals surface area (Å²) in [6, 6.07) is 14.8. The second-order valence-electron chi connectivity index (χ2n) is 8.37. The number of benzene rings is 2. The lowest BCUT2D eigenvalue weighted by molar-refractivity contribution is 0.0264. The first kappa shape index (κ1) is 22.7. The number of nitriles is 1. The van der Waals surface area contributed by atoms with E-state index in [1.165, 1.54) is 6.07 Å². The van der Waals surface area contributed by atoms with Gasteiger partial charge in [0.25, 0.3) is 5.91 Å². The SMILES string of the molecule is Cn1cnc(C(=O)N(Cc2ccc(F)c(-c3cccc(CCC#N)c3)c2)C2CCOCC2)c1. The first-order valence-electron chi connectivity index (χ1n) is 11.2. The Morgan fingerprint density at radius 3 is 2.79 bits per heavy atom. The smallest absolute Gasteiger partial charge is 0.274 e. The van der Waals surface area contributed by atoms with Crippen molar-refractivity contribution in [3.05, 3.63) is 77.6 Å². The van der Waals surface area contributed by atoms with Gasteiger partial charge < -0.3 is 14.2 Å². The molecule has 0 atom stereocenters. The van der Waals surface area contributed by atoms with Crippen molar-refractivity contribution in [1.82, 2.24) is 14.5 Å². The fourth-order valence-corrected chi connectivity index (χ4v) is 4.22. The first-order chi connectivity index (χ1) is 16.0. The fourth-order valence-electron chi connectivity index (χ4n) is 4.22. The van der Waals surface area contributed by atoms with Crippen molar-refractivity contribution in [3.63, 3.8) is 0 Å². The molecular formula is C26H27FN4O2. The summed E-state index contributed by atoms with van der Waals surface area (Å²) in [5, 5.41) is 8.86. The average molecular weight is 447 g/mol. The van der Waals surface area contributed by atoms with Crippen molar-refractivity contribution in [2.45, 2.75) is 38.3 Å². The van der Waals surface area contributed by atoms with Crippen LogP contribution in [0.4, 0.5) is 4.39 Å². The van der Waals surface area contributed by atoms with E-state index in [0.717, 1.165) is 29.5 Å². The van der Waals surface area contributed by atoms with Crippen LogP contribution in [0.3, 0.4) is 0 Å². The van der Waals surface area contributed by atoms with Gasteiger partial charge in [-0.05, 0) is 48.1 Å². The molecule has 170 valence electrons. The van der Waals surface area contributed by atoms with Crippen molar-refractivity contribution in [3.8, 4) is 17.2 Å². The van der Waals surface area contributed by atoms with E-state index >= 15 is 0 Å². The number of imidazole rings is 1. The molecule has 1 aliphatic heterocycles. The molecule has 33 heavy (non-hydrogen) atoms. The Bertz CT molecular complexity index is 1160. The molecule has 1 amide bonds. The summed E-state index contributed by atoms with van der Waals surface area (Å²) in [6.07, 6.45) is 5.90. The zero-order valence-corrected chi connectivity index (χ0v) is 18.7. The molecular weight excluding hydrogens is 419 g/mol. The highest BCUT2D eigenvalue weighted by Gasteiger charge is 2.28. The molecule has 2 aromatic carbocycles. The number of ether oxygens (including phenoxy) is 1. The van der Waals surface area contributed by atoms with Gasteiger partial charge in [-0.1, -0.05) is 30.3 Å². The van der Waals surface area contributed by atoms with Gasteiger partial charge in [-0.3, -0.25) is 4.79 Å². The fraction of sp³-hybridized carbons (Fsp3) is 0.346. The third-order valence-corrected chi connectivity index (χ3v) is 5.96. The van der Waals surface area contributed by atoms with Crippen LogP contribution in [0.2, 0.25) is 0 Å². The molecule has 7 heteroatoms. The molecule has 0 unspecified atom stereocenters. The number of carbonyl (C=O) groups excluding carboxylic acids is 1. The molecule has 0 bridgehead atoms. The van der Waals surface area contributed by atoms with Crippen molar-refractivity contribution < 1.29 is 13.9 Å². The standard InChI is InChI=1S/C26H27FN4O2/c1-30-17-25(29-18-30)26(32)31(22-9-12-33-13-10-22)16-20-7-8-24(27)23(15-20)21-6-2-4-19(14-21)5-3-11-28/h2,4,6-8,14-15,17-18,22H,3,5,9-10,12-13,16H2,1H3. The summed E-state index contributed by atoms with van der Waals surface area (Å²) < 4.78 is 22.0. The lowest BCUT2D eigenvalue weighted by Gasteiger charge is -2.34. The molecule has 1 aromatic heterocycles. The Labute approximate surface area is 193 Å². The number of carbonyl (C=O) groups is 1. The lowest BCUT2D eigenvalue weighted by Crippen LogP contribution is -2.43. The Balaban J connectivity index is 1.63. The number of aromatic nitrogens is 2. The minimum atomic E-state index is -0.315. The monoisotopic (exact) mass is 446 g/mol. The van der Waals surface area contributed by atoms with E-state index in [4.69, 9.17) is 10.00 Å². The molecule has 1 fully saturated rings. The van der Waals surface area contributed by atoms with E-state index in [2.05, 4.69) is 11.1 Å². The van der Waals surface area contributed by atoms with Gasteiger partial charge in [-0.25, -0.2) is 9.37 Å². The Morgan fingerprint density at radius 1 is 1.24 bits per heavy atom. The van der Waals surface area contributed by atoms with E-state index in [0.29, 0.717) is 43.9 Å². The van der Waals surface area contributed by atoms with E-state index < -0.39 is 0 Å². The van der Waals surface area contributed by atoms with Gasteiger partial charge in [-0.2, -0.15) is 5.26 Å². The molecule has 0 radical (unpaired) electrons. The highest BCUT2D eigenvalue weighted by molar-refractivity contribution is 5.92. The highest BCUT2D eigenvalue weighted by atomic mass is 19.1. The number of nitrogens with zero attached hydrogens (tertiary/aromatic N) is 4. The van der Waals surface area contributed by atoms with Crippen molar-refractivity contribution in [1.29, 1.82) is 5.26 Å². The van der Waals surface area contributed by atoms with Crippen LogP contribution in [0.1, 0.15) is 40.9 Å². The van der Waals surface area contributed by atoms with Gasteiger partial charge in [0.1, 0.15) is 11.5 Å². The zero-order chi connectivity index (χ0) is 23.2. The van der Waals surface area contributed by atoms with Crippen LogP contribution in [-0.2, 0) is 24.8 Å². The minimum Gasteiger partial charge on any atom is -0.381 e. The van der Waals surface area contributed by atoms with Gasteiger partial charge in [0.05, 0.1) is 12.4 Å². The van der Waals surface area contributed by atoms with Crippen LogP contribution in [-0.4, -0.2) is 39.6 Å². The maximum atomic E-state index is 14.8. The predicted molar refractivity (Wildman–Crippen MR) is 123 cm³/mol. The number of hydrogen-bond acceptors (Lipinski definition) is 4. The summed E-state index contributed by atoms with van der Waals surface area (Å²) in [5.74, 6) is -0.447. The van der Waals surface area contributed by atoms with Crippen LogP contribution in [0.5, 0.6) is 0 Å². The van der Waals surface area contributed by atoms with Crippen molar-refractivity contribution >= 4 is 5.91 Å².